The molecule has 150 valence electrons. The zero-order valence-electron chi connectivity index (χ0n) is 16.6. The summed E-state index contributed by atoms with van der Waals surface area (Å²) in [5.41, 5.74) is -2.62. The van der Waals surface area contributed by atoms with Crippen molar-refractivity contribution in [1.82, 2.24) is 4.98 Å². The average Bonchev–Trinajstić information content (AvgIpc) is 2.43. The number of halogens is 1. The Hall–Kier alpha value is -2.71. The number of hydrogen-bond acceptors (Lipinski definition) is 7. The van der Waals surface area contributed by atoms with Crippen molar-refractivity contribution in [2.75, 3.05) is 11.5 Å². The molecule has 1 heterocycles. The van der Waals surface area contributed by atoms with E-state index >= 15 is 0 Å². The van der Waals surface area contributed by atoms with Gasteiger partial charge < -0.3 is 14.2 Å². The van der Waals surface area contributed by atoms with Gasteiger partial charge in [0.05, 0.1) is 18.5 Å². The van der Waals surface area contributed by atoms with Crippen LogP contribution in [0.25, 0.3) is 0 Å². The molecular weight excluding hydrogens is 359 g/mol. The van der Waals surface area contributed by atoms with Crippen LogP contribution >= 0.6 is 0 Å². The molecule has 9 heteroatoms. The molecule has 2 amide bonds. The molecule has 0 saturated heterocycles. The normalized spacial score (nSPS) is 11.6. The Balaban J connectivity index is 3.30. The first kappa shape index (κ1) is 22.3. The third kappa shape index (κ3) is 6.84. The number of amides is 2. The van der Waals surface area contributed by atoms with Gasteiger partial charge in [-0.1, -0.05) is 0 Å². The van der Waals surface area contributed by atoms with E-state index in [0.29, 0.717) is 4.90 Å². The van der Waals surface area contributed by atoms with Crippen LogP contribution in [-0.4, -0.2) is 40.9 Å². The van der Waals surface area contributed by atoms with E-state index in [1.807, 2.05) is 0 Å². The summed E-state index contributed by atoms with van der Waals surface area (Å²) in [7, 11) is 0. The molecule has 0 aromatic carbocycles. The van der Waals surface area contributed by atoms with Crippen LogP contribution in [0, 0.1) is 5.82 Å². The van der Waals surface area contributed by atoms with Crippen LogP contribution in [0.3, 0.4) is 0 Å². The number of imide groups is 1. The van der Waals surface area contributed by atoms with E-state index in [0.717, 1.165) is 12.3 Å². The third-order valence-electron chi connectivity index (χ3n) is 2.71. The van der Waals surface area contributed by atoms with E-state index in [-0.39, 0.29) is 12.3 Å². The highest BCUT2D eigenvalue weighted by atomic mass is 19.1. The second kappa shape index (κ2) is 8.32. The smallest absolute Gasteiger partial charge is 0.424 e. The maximum Gasteiger partial charge on any atom is 0.424 e. The van der Waals surface area contributed by atoms with Gasteiger partial charge in [-0.15, -0.1) is 0 Å². The van der Waals surface area contributed by atoms with E-state index in [1.165, 1.54) is 0 Å². The zero-order chi connectivity index (χ0) is 21.0. The highest BCUT2D eigenvalue weighted by Crippen LogP contribution is 2.23. The summed E-state index contributed by atoms with van der Waals surface area (Å²) >= 11 is 0. The molecule has 0 saturated carbocycles. The molecule has 8 nitrogen and oxygen atoms in total. The van der Waals surface area contributed by atoms with Crippen molar-refractivity contribution >= 4 is 23.8 Å². The summed E-state index contributed by atoms with van der Waals surface area (Å²) in [4.78, 5) is 40.8. The third-order valence-corrected chi connectivity index (χ3v) is 2.71. The summed E-state index contributed by atoms with van der Waals surface area (Å²) in [6, 6.07) is 0.813. The Morgan fingerprint density at radius 1 is 1.04 bits per heavy atom. The molecule has 0 spiro atoms. The lowest BCUT2D eigenvalue weighted by atomic mass is 10.2. The number of carbonyl (C=O) groups excluding carboxylic acids is 3. The number of aromatic nitrogens is 1. The molecule has 27 heavy (non-hydrogen) atoms. The summed E-state index contributed by atoms with van der Waals surface area (Å²) < 4.78 is 29.4. The molecule has 0 bridgehead atoms. The van der Waals surface area contributed by atoms with Gasteiger partial charge in [0.15, 0.2) is 11.5 Å². The van der Waals surface area contributed by atoms with E-state index in [9.17, 15) is 18.8 Å². The molecule has 1 aromatic rings. The van der Waals surface area contributed by atoms with Gasteiger partial charge in [0, 0.05) is 6.07 Å². The van der Waals surface area contributed by atoms with Crippen LogP contribution in [-0.2, 0) is 14.2 Å². The first-order chi connectivity index (χ1) is 12.2. The Kier molecular flexibility index (Phi) is 6.88. The summed E-state index contributed by atoms with van der Waals surface area (Å²) in [5, 5.41) is 0. The SMILES string of the molecule is CCOC(=O)c1ncc(N(C(=O)OC(C)(C)C)C(=O)OC(C)(C)C)cc1F. The van der Waals surface area contributed by atoms with Crippen molar-refractivity contribution in [3.63, 3.8) is 0 Å². The zero-order valence-corrected chi connectivity index (χ0v) is 16.6. The number of carbonyl (C=O) groups is 3. The van der Waals surface area contributed by atoms with Crippen LogP contribution in [0.5, 0.6) is 0 Å². The molecule has 0 fully saturated rings. The lowest BCUT2D eigenvalue weighted by Crippen LogP contribution is -2.44. The maximum absolute atomic E-state index is 14.3. The minimum atomic E-state index is -1.07. The number of esters is 1. The quantitative estimate of drug-likeness (QED) is 0.572. The number of pyridine rings is 1. The van der Waals surface area contributed by atoms with Crippen LogP contribution in [0.15, 0.2) is 12.3 Å². The highest BCUT2D eigenvalue weighted by Gasteiger charge is 2.33. The van der Waals surface area contributed by atoms with Crippen LogP contribution in [0.2, 0.25) is 0 Å². The van der Waals surface area contributed by atoms with E-state index < -0.39 is 40.9 Å². The predicted octanol–water partition coefficient (Wildman–Crippen LogP) is 4.07. The summed E-state index contributed by atoms with van der Waals surface area (Å²) in [5.74, 6) is -2.01. The van der Waals surface area contributed by atoms with Gasteiger partial charge in [-0.2, -0.15) is 4.90 Å². The standard InChI is InChI=1S/C18H25FN2O6/c1-8-25-14(22)13-12(19)9-11(10-20-13)21(15(23)26-17(2,3)4)16(24)27-18(5,6)7/h9-10H,8H2,1-7H3. The van der Waals surface area contributed by atoms with Crippen LogP contribution < -0.4 is 4.90 Å². The second-order valence-electron chi connectivity index (χ2n) is 7.54. The summed E-state index contributed by atoms with van der Waals surface area (Å²) in [6.45, 7) is 11.3. The Morgan fingerprint density at radius 2 is 1.52 bits per heavy atom. The first-order valence-electron chi connectivity index (χ1n) is 8.34. The van der Waals surface area contributed by atoms with E-state index in [2.05, 4.69) is 4.98 Å². The number of anilines is 1. The average molecular weight is 384 g/mol. The van der Waals surface area contributed by atoms with Crippen molar-refractivity contribution in [3.05, 3.63) is 23.8 Å². The molecule has 0 radical (unpaired) electrons. The fourth-order valence-corrected chi connectivity index (χ4v) is 1.80. The molecule has 0 aliphatic rings. The Labute approximate surface area is 157 Å². The number of nitrogens with zero attached hydrogens (tertiary/aromatic N) is 2. The van der Waals surface area contributed by atoms with E-state index in [4.69, 9.17) is 14.2 Å². The van der Waals surface area contributed by atoms with E-state index in [1.54, 1.807) is 48.5 Å². The predicted molar refractivity (Wildman–Crippen MR) is 95.1 cm³/mol. The van der Waals surface area contributed by atoms with Gasteiger partial charge in [0.25, 0.3) is 0 Å². The minimum absolute atomic E-state index is 0.0453. The van der Waals surface area contributed by atoms with Crippen LogP contribution in [0.4, 0.5) is 19.7 Å². The monoisotopic (exact) mass is 384 g/mol. The minimum Gasteiger partial charge on any atom is -0.461 e. The Morgan fingerprint density at radius 3 is 1.89 bits per heavy atom. The van der Waals surface area contributed by atoms with Crippen molar-refractivity contribution in [1.29, 1.82) is 0 Å². The summed E-state index contributed by atoms with van der Waals surface area (Å²) in [6.07, 6.45) is -1.15. The van der Waals surface area contributed by atoms with Crippen molar-refractivity contribution in [3.8, 4) is 0 Å². The molecule has 1 rings (SSSR count). The van der Waals surface area contributed by atoms with Crippen molar-refractivity contribution in [2.45, 2.75) is 59.7 Å². The number of rotatable bonds is 3. The molecule has 0 N–H and O–H groups in total. The lowest BCUT2D eigenvalue weighted by molar-refractivity contribution is 0.0429. The van der Waals surface area contributed by atoms with Gasteiger partial charge in [-0.3, -0.25) is 0 Å². The van der Waals surface area contributed by atoms with Crippen molar-refractivity contribution < 1.29 is 33.0 Å². The Bertz CT molecular complexity index is 694. The van der Waals surface area contributed by atoms with Gasteiger partial charge in [0.2, 0.25) is 0 Å². The molecule has 1 aromatic heterocycles. The van der Waals surface area contributed by atoms with Gasteiger partial charge >= 0.3 is 18.2 Å². The van der Waals surface area contributed by atoms with Gasteiger partial charge in [-0.05, 0) is 48.5 Å². The maximum atomic E-state index is 14.3. The van der Waals surface area contributed by atoms with Gasteiger partial charge in [-0.25, -0.2) is 23.8 Å². The molecule has 0 aliphatic heterocycles. The fraction of sp³-hybridized carbons (Fsp3) is 0.556. The van der Waals surface area contributed by atoms with Crippen LogP contribution in [0.1, 0.15) is 59.0 Å². The molecular formula is C18H25FN2O6. The molecule has 0 aliphatic carbocycles. The highest BCUT2D eigenvalue weighted by molar-refractivity contribution is 6.09. The number of hydrogen-bond donors (Lipinski definition) is 0. The largest absolute Gasteiger partial charge is 0.461 e. The molecule has 0 unspecified atom stereocenters. The fourth-order valence-electron chi connectivity index (χ4n) is 1.80. The van der Waals surface area contributed by atoms with Crippen molar-refractivity contribution in [2.24, 2.45) is 0 Å². The topological polar surface area (TPSA) is 95.0 Å². The first-order valence-corrected chi connectivity index (χ1v) is 8.34. The lowest BCUT2D eigenvalue weighted by Gasteiger charge is -2.28. The van der Waals surface area contributed by atoms with Gasteiger partial charge in [0.1, 0.15) is 11.2 Å². The molecule has 0 atom stereocenters. The second-order valence-corrected chi connectivity index (χ2v) is 7.54. The number of ether oxygens (including phenoxy) is 3.